The number of benzene rings is 2. The van der Waals surface area contributed by atoms with Gasteiger partial charge in [-0.15, -0.1) is 4.99 Å². The van der Waals surface area contributed by atoms with Crippen molar-refractivity contribution < 1.29 is 57.5 Å². The number of aliphatic imine (C=N–C) groups is 1. The van der Waals surface area contributed by atoms with E-state index in [0.717, 1.165) is 9.80 Å². The Hall–Kier alpha value is -6.40. The summed E-state index contributed by atoms with van der Waals surface area (Å²) in [5, 5.41) is 31.5. The van der Waals surface area contributed by atoms with Gasteiger partial charge >= 0.3 is 30.5 Å². The summed E-state index contributed by atoms with van der Waals surface area (Å²) in [5.41, 5.74) is -2.56. The van der Waals surface area contributed by atoms with Gasteiger partial charge in [0.25, 0.3) is 0 Å². The standard InChI is InChI=1S/C44H65N7O12/c1-41(2,3)60-36(52)47-33(45)29-17-21-31(22-18-29)58-27-15-13-25-50(39(55)56)35(49-38(54)62-43(7,8)9)51(40(57)63-44(10,11)12)26-14-16-28-59-32-23-19-30(20-24-32)34(46)48-37(53)61-42(4,5)6/h17-24H,13-16,25-28H2,1-12H3,(H,55,56)(H2,45,47,52)(H2,46,48,53). The average Bonchev–Trinajstić information content (AvgIpc) is 3.11. The molecule has 0 heterocycles. The molecule has 19 heteroatoms. The van der Waals surface area contributed by atoms with Crippen molar-refractivity contribution >= 4 is 48.1 Å². The van der Waals surface area contributed by atoms with Crippen LogP contribution in [-0.4, -0.2) is 112 Å². The summed E-state index contributed by atoms with van der Waals surface area (Å²) in [4.78, 5) is 69.5. The molecule has 5 amide bonds. The largest absolute Gasteiger partial charge is 0.494 e. The summed E-state index contributed by atoms with van der Waals surface area (Å²) in [6, 6.07) is 12.9. The number of hydrogen-bond donors (Lipinski definition) is 5. The van der Waals surface area contributed by atoms with Crippen LogP contribution in [0.5, 0.6) is 11.5 Å². The molecule has 0 aliphatic rings. The number of nitrogens with zero attached hydrogens (tertiary/aromatic N) is 3. The van der Waals surface area contributed by atoms with Gasteiger partial charge in [0, 0.05) is 24.2 Å². The number of guanidine groups is 1. The fourth-order valence-corrected chi connectivity index (χ4v) is 5.02. The lowest BCUT2D eigenvalue weighted by atomic mass is 10.2. The molecule has 348 valence electrons. The molecule has 0 radical (unpaired) electrons. The Morgan fingerprint density at radius 1 is 0.556 bits per heavy atom. The van der Waals surface area contributed by atoms with E-state index in [2.05, 4.69) is 15.6 Å². The van der Waals surface area contributed by atoms with Crippen LogP contribution in [0.4, 0.5) is 24.0 Å². The molecular weight excluding hydrogens is 819 g/mol. The molecule has 19 nitrogen and oxygen atoms in total. The van der Waals surface area contributed by atoms with E-state index in [4.69, 9.17) is 39.2 Å². The Labute approximate surface area is 369 Å². The molecule has 2 aromatic carbocycles. The molecule has 0 fully saturated rings. The summed E-state index contributed by atoms with van der Waals surface area (Å²) >= 11 is 0. The fraction of sp³-hybridized carbons (Fsp3) is 0.545. The van der Waals surface area contributed by atoms with E-state index in [1.54, 1.807) is 132 Å². The highest BCUT2D eigenvalue weighted by molar-refractivity contribution is 6.06. The molecule has 63 heavy (non-hydrogen) atoms. The van der Waals surface area contributed by atoms with Gasteiger partial charge < -0.3 is 33.5 Å². The number of ether oxygens (including phenoxy) is 6. The number of hydrogen-bond acceptors (Lipinski definition) is 13. The van der Waals surface area contributed by atoms with Crippen molar-refractivity contribution in [1.29, 1.82) is 10.8 Å². The maximum absolute atomic E-state index is 13.7. The number of alkyl carbamates (subject to hydrolysis) is 2. The van der Waals surface area contributed by atoms with Gasteiger partial charge in [-0.05, 0) is 157 Å². The van der Waals surface area contributed by atoms with Crippen LogP contribution in [0, 0.1) is 10.8 Å². The monoisotopic (exact) mass is 883 g/mol. The molecule has 2 aromatic rings. The van der Waals surface area contributed by atoms with E-state index in [0.29, 0.717) is 35.5 Å². The summed E-state index contributed by atoms with van der Waals surface area (Å²) in [6.45, 7) is 20.2. The van der Waals surface area contributed by atoms with Gasteiger partial charge in [0.15, 0.2) is 0 Å². The Kier molecular flexibility index (Phi) is 19.4. The molecule has 0 saturated heterocycles. The molecule has 0 atom stereocenters. The number of carbonyl (C=O) groups excluding carboxylic acids is 4. The van der Waals surface area contributed by atoms with E-state index < -0.39 is 58.8 Å². The molecule has 0 bridgehead atoms. The van der Waals surface area contributed by atoms with Crippen molar-refractivity contribution in [3.05, 3.63) is 59.7 Å². The lowest BCUT2D eigenvalue weighted by molar-refractivity contribution is 0.0343. The molecular formula is C44H65N7O12. The van der Waals surface area contributed by atoms with E-state index in [9.17, 15) is 29.1 Å². The van der Waals surface area contributed by atoms with Crippen molar-refractivity contribution in [2.75, 3.05) is 26.3 Å². The second-order valence-electron chi connectivity index (χ2n) is 18.1. The number of amidine groups is 2. The number of carbonyl (C=O) groups is 5. The second kappa shape index (κ2) is 23.2. The molecule has 2 rings (SSSR count). The molecule has 0 unspecified atom stereocenters. The first kappa shape index (κ1) is 52.7. The summed E-state index contributed by atoms with van der Waals surface area (Å²) in [7, 11) is 0. The number of carboxylic acid groups (broad SMARTS) is 1. The lowest BCUT2D eigenvalue weighted by Gasteiger charge is -2.32. The predicted molar refractivity (Wildman–Crippen MR) is 236 cm³/mol. The van der Waals surface area contributed by atoms with Crippen LogP contribution in [0.25, 0.3) is 0 Å². The molecule has 0 aliphatic carbocycles. The fourth-order valence-electron chi connectivity index (χ4n) is 5.02. The molecule has 0 saturated carbocycles. The minimum Gasteiger partial charge on any atom is -0.494 e. The molecule has 0 aliphatic heterocycles. The van der Waals surface area contributed by atoms with Gasteiger partial charge in [0.05, 0.1) is 13.2 Å². The van der Waals surface area contributed by atoms with Crippen LogP contribution in [0.15, 0.2) is 53.5 Å². The van der Waals surface area contributed by atoms with Crippen molar-refractivity contribution in [3.63, 3.8) is 0 Å². The topological polar surface area (TPSA) is 252 Å². The third kappa shape index (κ3) is 21.8. The van der Waals surface area contributed by atoms with Crippen LogP contribution in [0.1, 0.15) is 120 Å². The van der Waals surface area contributed by atoms with Gasteiger partial charge in [0.1, 0.15) is 45.6 Å². The van der Waals surface area contributed by atoms with E-state index in [-0.39, 0.29) is 50.8 Å². The number of rotatable bonds is 14. The Bertz CT molecular complexity index is 1920. The van der Waals surface area contributed by atoms with Crippen LogP contribution < -0.4 is 20.1 Å². The van der Waals surface area contributed by atoms with Gasteiger partial charge in [-0.2, -0.15) is 0 Å². The van der Waals surface area contributed by atoms with Crippen molar-refractivity contribution in [1.82, 2.24) is 20.4 Å². The SMILES string of the molecule is CC(C)(C)OC(=O)N=C(N(CCCCOc1ccc(C(=N)NC(=O)OC(C)(C)C)cc1)C(=O)O)N(CCCCOc1ccc(C(=N)NC(=O)OC(C)(C)C)cc1)C(=O)OC(C)(C)C. The highest BCUT2D eigenvalue weighted by atomic mass is 16.6. The van der Waals surface area contributed by atoms with Gasteiger partial charge in [-0.1, -0.05) is 0 Å². The Morgan fingerprint density at radius 3 is 1.27 bits per heavy atom. The predicted octanol–water partition coefficient (Wildman–Crippen LogP) is 8.91. The normalized spacial score (nSPS) is 12.0. The second-order valence-corrected chi connectivity index (χ2v) is 18.1. The summed E-state index contributed by atoms with van der Waals surface area (Å²) in [5.74, 6) is 0.148. The highest BCUT2D eigenvalue weighted by Crippen LogP contribution is 2.19. The van der Waals surface area contributed by atoms with Gasteiger partial charge in [0.2, 0.25) is 5.96 Å². The van der Waals surface area contributed by atoms with Crippen molar-refractivity contribution in [3.8, 4) is 11.5 Å². The number of amides is 5. The van der Waals surface area contributed by atoms with Crippen LogP contribution in [0.3, 0.4) is 0 Å². The smallest absolute Gasteiger partial charge is 0.437 e. The van der Waals surface area contributed by atoms with Crippen LogP contribution in [-0.2, 0) is 18.9 Å². The molecule has 5 N–H and O–H groups in total. The quantitative estimate of drug-likeness (QED) is 0.0516. The summed E-state index contributed by atoms with van der Waals surface area (Å²) < 4.78 is 33.1. The van der Waals surface area contributed by atoms with Crippen LogP contribution >= 0.6 is 0 Å². The zero-order valence-electron chi connectivity index (χ0n) is 38.6. The van der Waals surface area contributed by atoms with Crippen molar-refractivity contribution in [2.24, 2.45) is 4.99 Å². The lowest BCUT2D eigenvalue weighted by Crippen LogP contribution is -2.52. The highest BCUT2D eigenvalue weighted by Gasteiger charge is 2.33. The first-order chi connectivity index (χ1) is 29.0. The minimum atomic E-state index is -1.48. The third-order valence-corrected chi connectivity index (χ3v) is 7.54. The third-order valence-electron chi connectivity index (χ3n) is 7.54. The number of unbranched alkanes of at least 4 members (excludes halogenated alkanes) is 2. The van der Waals surface area contributed by atoms with Gasteiger partial charge in [-0.25, -0.2) is 33.8 Å². The Balaban J connectivity index is 2.16. The zero-order valence-corrected chi connectivity index (χ0v) is 38.6. The first-order valence-electron chi connectivity index (χ1n) is 20.5. The molecule has 0 aromatic heterocycles. The summed E-state index contributed by atoms with van der Waals surface area (Å²) in [6.07, 6.45) is -3.79. The Morgan fingerprint density at radius 2 is 0.921 bits per heavy atom. The zero-order chi connectivity index (χ0) is 47.8. The van der Waals surface area contributed by atoms with Crippen molar-refractivity contribution in [2.45, 2.75) is 131 Å². The van der Waals surface area contributed by atoms with Gasteiger partial charge in [-0.3, -0.25) is 21.5 Å². The van der Waals surface area contributed by atoms with Crippen LogP contribution in [0.2, 0.25) is 0 Å². The van der Waals surface area contributed by atoms with E-state index in [1.807, 2.05) is 0 Å². The average molecular weight is 884 g/mol. The number of nitrogens with one attached hydrogen (secondary N) is 4. The maximum atomic E-state index is 13.7. The maximum Gasteiger partial charge on any atom is 0.437 e. The minimum absolute atomic E-state index is 0.111. The molecule has 0 spiro atoms. The first-order valence-corrected chi connectivity index (χ1v) is 20.5. The van der Waals surface area contributed by atoms with E-state index in [1.165, 1.54) is 0 Å². The van der Waals surface area contributed by atoms with E-state index >= 15 is 0 Å².